The van der Waals surface area contributed by atoms with Crippen LogP contribution in [0.3, 0.4) is 0 Å². The Morgan fingerprint density at radius 3 is 2.56 bits per heavy atom. The van der Waals surface area contributed by atoms with Crippen molar-refractivity contribution in [2.75, 3.05) is 0 Å². The molecule has 2 heterocycles. The molecule has 0 fully saturated rings. The number of carbonyl (C=O) groups excluding carboxylic acids is 2. The summed E-state index contributed by atoms with van der Waals surface area (Å²) in [5.74, 6) is -0.0904. The van der Waals surface area contributed by atoms with Gasteiger partial charge < -0.3 is 9.73 Å². The van der Waals surface area contributed by atoms with Crippen LogP contribution in [-0.2, 0) is 4.79 Å². The Morgan fingerprint density at radius 1 is 0.971 bits per heavy atom. The molecule has 9 heteroatoms. The standard InChI is InChI=1S/C25H17Cl2N3O3S/c26-17-8-10-21(27)20(13-17)23-11-9-18(33-23)15-28-30-25(32)22(14-19-7-4-12-34-19)29-24(31)16-5-2-1-3-6-16/h1-15H,(H,29,31)(H,30,32)/b22-14-,28-15+. The third-order valence-corrected chi connectivity index (χ3v) is 5.92. The van der Waals surface area contributed by atoms with Crippen molar-refractivity contribution in [3.8, 4) is 11.3 Å². The van der Waals surface area contributed by atoms with Crippen molar-refractivity contribution in [3.05, 3.63) is 110 Å². The number of thiophene rings is 1. The molecule has 0 saturated heterocycles. The SMILES string of the molecule is O=C(N/N=C/c1ccc(-c2cc(Cl)ccc2Cl)o1)/C(=C/c1cccs1)NC(=O)c1ccccc1. The average Bonchev–Trinajstić information content (AvgIpc) is 3.53. The quantitative estimate of drug-likeness (QED) is 0.176. The highest BCUT2D eigenvalue weighted by molar-refractivity contribution is 7.10. The molecule has 2 aromatic heterocycles. The first-order chi connectivity index (χ1) is 16.5. The summed E-state index contributed by atoms with van der Waals surface area (Å²) in [4.78, 5) is 26.1. The number of nitrogens with zero attached hydrogens (tertiary/aromatic N) is 1. The second-order valence-electron chi connectivity index (χ2n) is 6.92. The van der Waals surface area contributed by atoms with Gasteiger partial charge in [0.1, 0.15) is 17.2 Å². The van der Waals surface area contributed by atoms with Gasteiger partial charge in [0.15, 0.2) is 0 Å². The normalized spacial score (nSPS) is 11.5. The first-order valence-electron chi connectivity index (χ1n) is 10.00. The molecule has 6 nitrogen and oxygen atoms in total. The molecule has 0 unspecified atom stereocenters. The monoisotopic (exact) mass is 509 g/mol. The Labute approximate surface area is 209 Å². The van der Waals surface area contributed by atoms with E-state index < -0.39 is 11.8 Å². The molecule has 0 aliphatic heterocycles. The maximum Gasteiger partial charge on any atom is 0.287 e. The second-order valence-corrected chi connectivity index (χ2v) is 8.74. The van der Waals surface area contributed by atoms with Crippen molar-refractivity contribution in [2.45, 2.75) is 0 Å². The zero-order valence-electron chi connectivity index (χ0n) is 17.5. The van der Waals surface area contributed by atoms with Crippen LogP contribution >= 0.6 is 34.5 Å². The van der Waals surface area contributed by atoms with Crippen molar-refractivity contribution in [2.24, 2.45) is 5.10 Å². The Hall–Kier alpha value is -3.65. The van der Waals surface area contributed by atoms with Crippen molar-refractivity contribution in [1.29, 1.82) is 0 Å². The van der Waals surface area contributed by atoms with E-state index in [-0.39, 0.29) is 5.70 Å². The van der Waals surface area contributed by atoms with Crippen LogP contribution in [0.25, 0.3) is 17.4 Å². The Kier molecular flexibility index (Phi) is 7.59. The largest absolute Gasteiger partial charge is 0.455 e. The van der Waals surface area contributed by atoms with E-state index in [0.29, 0.717) is 32.7 Å². The van der Waals surface area contributed by atoms with Gasteiger partial charge in [-0.2, -0.15) is 5.10 Å². The van der Waals surface area contributed by atoms with E-state index in [0.717, 1.165) is 4.88 Å². The molecule has 0 radical (unpaired) electrons. The lowest BCUT2D eigenvalue weighted by Gasteiger charge is -2.08. The minimum Gasteiger partial charge on any atom is -0.455 e. The van der Waals surface area contributed by atoms with Crippen LogP contribution in [0.5, 0.6) is 0 Å². The molecule has 0 bridgehead atoms. The Bertz CT molecular complexity index is 1360. The summed E-state index contributed by atoms with van der Waals surface area (Å²) < 4.78 is 5.73. The number of hydrogen-bond donors (Lipinski definition) is 2. The highest BCUT2D eigenvalue weighted by atomic mass is 35.5. The van der Waals surface area contributed by atoms with Crippen LogP contribution in [0.15, 0.2) is 93.4 Å². The molecule has 4 aromatic rings. The molecule has 2 aromatic carbocycles. The lowest BCUT2D eigenvalue weighted by Crippen LogP contribution is -2.32. The Balaban J connectivity index is 1.47. The fourth-order valence-electron chi connectivity index (χ4n) is 2.93. The molecule has 0 aliphatic rings. The first-order valence-corrected chi connectivity index (χ1v) is 11.6. The van der Waals surface area contributed by atoms with Gasteiger partial charge in [-0.3, -0.25) is 9.59 Å². The lowest BCUT2D eigenvalue weighted by atomic mass is 10.2. The number of amides is 2. The molecule has 2 N–H and O–H groups in total. The van der Waals surface area contributed by atoms with Crippen LogP contribution in [0, 0.1) is 0 Å². The van der Waals surface area contributed by atoms with Crippen LogP contribution in [0.4, 0.5) is 0 Å². The lowest BCUT2D eigenvalue weighted by molar-refractivity contribution is -0.117. The molecule has 0 atom stereocenters. The maximum absolute atomic E-state index is 12.8. The zero-order valence-corrected chi connectivity index (χ0v) is 19.8. The van der Waals surface area contributed by atoms with Gasteiger partial charge in [0.25, 0.3) is 11.8 Å². The summed E-state index contributed by atoms with van der Waals surface area (Å²) in [5, 5.41) is 9.50. The summed E-state index contributed by atoms with van der Waals surface area (Å²) in [6.07, 6.45) is 2.93. The fraction of sp³-hybridized carbons (Fsp3) is 0. The van der Waals surface area contributed by atoms with E-state index in [1.807, 2.05) is 17.5 Å². The topological polar surface area (TPSA) is 83.7 Å². The second kappa shape index (κ2) is 11.0. The van der Waals surface area contributed by atoms with Gasteiger partial charge in [-0.1, -0.05) is 47.5 Å². The molecule has 170 valence electrons. The predicted molar refractivity (Wildman–Crippen MR) is 136 cm³/mol. The minimum atomic E-state index is -0.585. The van der Waals surface area contributed by atoms with Gasteiger partial charge in [-0.25, -0.2) is 5.43 Å². The van der Waals surface area contributed by atoms with E-state index in [1.54, 1.807) is 66.7 Å². The minimum absolute atomic E-state index is 0.0549. The number of carbonyl (C=O) groups is 2. The molecule has 0 spiro atoms. The van der Waals surface area contributed by atoms with Gasteiger partial charge in [0, 0.05) is 21.0 Å². The smallest absolute Gasteiger partial charge is 0.287 e. The zero-order chi connectivity index (χ0) is 23.9. The van der Waals surface area contributed by atoms with Gasteiger partial charge in [-0.05, 0) is 60.0 Å². The van der Waals surface area contributed by atoms with Crippen molar-refractivity contribution in [1.82, 2.24) is 10.7 Å². The molecule has 2 amide bonds. The predicted octanol–water partition coefficient (Wildman–Crippen LogP) is 6.24. The number of benzene rings is 2. The molecule has 0 saturated carbocycles. The highest BCUT2D eigenvalue weighted by Crippen LogP contribution is 2.31. The molecule has 34 heavy (non-hydrogen) atoms. The van der Waals surface area contributed by atoms with Crippen LogP contribution < -0.4 is 10.7 Å². The van der Waals surface area contributed by atoms with Gasteiger partial charge in [0.2, 0.25) is 0 Å². The number of rotatable bonds is 7. The first kappa shape index (κ1) is 23.5. The van der Waals surface area contributed by atoms with Gasteiger partial charge in [0.05, 0.1) is 11.2 Å². The molecular weight excluding hydrogens is 493 g/mol. The Morgan fingerprint density at radius 2 is 1.79 bits per heavy atom. The van der Waals surface area contributed by atoms with E-state index in [4.69, 9.17) is 27.6 Å². The van der Waals surface area contributed by atoms with E-state index in [2.05, 4.69) is 15.8 Å². The van der Waals surface area contributed by atoms with Gasteiger partial charge in [-0.15, -0.1) is 11.3 Å². The average molecular weight is 510 g/mol. The van der Waals surface area contributed by atoms with E-state index in [1.165, 1.54) is 17.6 Å². The van der Waals surface area contributed by atoms with Crippen molar-refractivity contribution < 1.29 is 14.0 Å². The summed E-state index contributed by atoms with van der Waals surface area (Å²) in [6.45, 7) is 0. The number of hydrogen-bond acceptors (Lipinski definition) is 5. The molecule has 4 rings (SSSR count). The summed E-state index contributed by atoms with van der Waals surface area (Å²) >= 11 is 13.7. The number of furan rings is 1. The van der Waals surface area contributed by atoms with Crippen LogP contribution in [-0.4, -0.2) is 18.0 Å². The summed E-state index contributed by atoms with van der Waals surface area (Å²) in [7, 11) is 0. The molecular formula is C25H17Cl2N3O3S. The number of halogens is 2. The number of nitrogens with one attached hydrogen (secondary N) is 2. The van der Waals surface area contributed by atoms with Gasteiger partial charge >= 0.3 is 0 Å². The summed E-state index contributed by atoms with van der Waals surface area (Å²) in [6, 6.07) is 20.8. The van der Waals surface area contributed by atoms with E-state index in [9.17, 15) is 9.59 Å². The fourth-order valence-corrected chi connectivity index (χ4v) is 3.97. The molecule has 0 aliphatic carbocycles. The summed E-state index contributed by atoms with van der Waals surface area (Å²) in [5.41, 5.74) is 3.54. The van der Waals surface area contributed by atoms with Crippen LogP contribution in [0.1, 0.15) is 21.0 Å². The van der Waals surface area contributed by atoms with E-state index >= 15 is 0 Å². The van der Waals surface area contributed by atoms with Crippen LogP contribution in [0.2, 0.25) is 10.0 Å². The maximum atomic E-state index is 12.8. The van der Waals surface area contributed by atoms with Crippen molar-refractivity contribution in [3.63, 3.8) is 0 Å². The third kappa shape index (κ3) is 6.02. The number of hydrazone groups is 1. The third-order valence-electron chi connectivity index (χ3n) is 4.54. The highest BCUT2D eigenvalue weighted by Gasteiger charge is 2.15. The van der Waals surface area contributed by atoms with Crippen molar-refractivity contribution >= 4 is 58.6 Å².